The van der Waals surface area contributed by atoms with Crippen LogP contribution in [0.25, 0.3) is 0 Å². The quantitative estimate of drug-likeness (QED) is 0.681. The molecule has 0 saturated carbocycles. The monoisotopic (exact) mass is 191 g/mol. The summed E-state index contributed by atoms with van der Waals surface area (Å²) in [7, 11) is 0. The second kappa shape index (κ2) is 5.05. The second-order valence-electron chi connectivity index (χ2n) is 3.68. The molecule has 1 aliphatic rings. The van der Waals surface area contributed by atoms with E-state index in [-0.39, 0.29) is 6.10 Å². The summed E-state index contributed by atoms with van der Waals surface area (Å²) >= 11 is 5.60. The predicted octanol–water partition coefficient (Wildman–Crippen LogP) is 1.32. The number of hydrogen-bond donors (Lipinski definition) is 1. The lowest BCUT2D eigenvalue weighted by atomic mass is 9.96. The Kier molecular flexibility index (Phi) is 4.33. The molecular weight excluding hydrogens is 174 g/mol. The minimum atomic E-state index is -0.130. The van der Waals surface area contributed by atoms with Crippen molar-refractivity contribution < 1.29 is 5.11 Å². The van der Waals surface area contributed by atoms with Crippen LogP contribution in [0.4, 0.5) is 0 Å². The van der Waals surface area contributed by atoms with E-state index in [0.29, 0.717) is 5.92 Å². The molecule has 1 N–H and O–H groups in total. The highest BCUT2D eigenvalue weighted by molar-refractivity contribution is 6.17. The molecular formula is C9H18ClNO. The van der Waals surface area contributed by atoms with Gasteiger partial charge in [-0.1, -0.05) is 6.92 Å². The van der Waals surface area contributed by atoms with Crippen molar-refractivity contribution in [1.82, 2.24) is 4.90 Å². The molecule has 72 valence electrons. The molecule has 2 atom stereocenters. The summed E-state index contributed by atoms with van der Waals surface area (Å²) in [5.74, 6) is 1.19. The van der Waals surface area contributed by atoms with Crippen molar-refractivity contribution in [3.8, 4) is 0 Å². The zero-order valence-electron chi connectivity index (χ0n) is 7.67. The molecule has 1 saturated heterocycles. The smallest absolute Gasteiger partial charge is 0.0693 e. The van der Waals surface area contributed by atoms with E-state index in [9.17, 15) is 5.11 Å². The third-order valence-corrected chi connectivity index (χ3v) is 2.88. The van der Waals surface area contributed by atoms with Gasteiger partial charge >= 0.3 is 0 Å². The minimum absolute atomic E-state index is 0.130. The maximum Gasteiger partial charge on any atom is 0.0693 e. The lowest BCUT2D eigenvalue weighted by Gasteiger charge is -2.34. The normalized spacial score (nSPS) is 32.2. The van der Waals surface area contributed by atoms with Crippen LogP contribution < -0.4 is 0 Å². The van der Waals surface area contributed by atoms with Crippen molar-refractivity contribution in [1.29, 1.82) is 0 Å². The highest BCUT2D eigenvalue weighted by Gasteiger charge is 2.23. The van der Waals surface area contributed by atoms with E-state index in [4.69, 9.17) is 11.6 Å². The molecule has 0 aliphatic carbocycles. The number of alkyl halides is 1. The van der Waals surface area contributed by atoms with Crippen molar-refractivity contribution >= 4 is 11.6 Å². The Morgan fingerprint density at radius 2 is 2.33 bits per heavy atom. The first-order valence-electron chi connectivity index (χ1n) is 4.70. The van der Waals surface area contributed by atoms with Crippen LogP contribution >= 0.6 is 11.6 Å². The molecule has 1 rings (SSSR count). The van der Waals surface area contributed by atoms with E-state index >= 15 is 0 Å². The number of hydrogen-bond acceptors (Lipinski definition) is 2. The van der Waals surface area contributed by atoms with Crippen LogP contribution in [0, 0.1) is 5.92 Å². The first-order chi connectivity index (χ1) is 5.74. The summed E-state index contributed by atoms with van der Waals surface area (Å²) < 4.78 is 0. The van der Waals surface area contributed by atoms with Crippen LogP contribution in [0.15, 0.2) is 0 Å². The van der Waals surface area contributed by atoms with Gasteiger partial charge in [0.15, 0.2) is 0 Å². The SMILES string of the molecule is CC1CCN(CCCCl)CC1O. The van der Waals surface area contributed by atoms with Gasteiger partial charge in [0.05, 0.1) is 6.10 Å². The first-order valence-corrected chi connectivity index (χ1v) is 5.24. The van der Waals surface area contributed by atoms with Gasteiger partial charge in [-0.05, 0) is 31.8 Å². The molecule has 1 aliphatic heterocycles. The second-order valence-corrected chi connectivity index (χ2v) is 4.05. The molecule has 0 aromatic carbocycles. The molecule has 0 radical (unpaired) electrons. The van der Waals surface area contributed by atoms with E-state index in [2.05, 4.69) is 11.8 Å². The van der Waals surface area contributed by atoms with Crippen LogP contribution in [0.2, 0.25) is 0 Å². The number of aliphatic hydroxyl groups is 1. The number of likely N-dealkylation sites (tertiary alicyclic amines) is 1. The molecule has 0 aromatic rings. The number of piperidine rings is 1. The van der Waals surface area contributed by atoms with Gasteiger partial charge in [-0.15, -0.1) is 11.6 Å². The molecule has 1 heterocycles. The molecule has 0 bridgehead atoms. The van der Waals surface area contributed by atoms with Gasteiger partial charge in [-0.25, -0.2) is 0 Å². The van der Waals surface area contributed by atoms with Crippen LogP contribution in [-0.4, -0.2) is 41.6 Å². The van der Waals surface area contributed by atoms with E-state index in [1.807, 2.05) is 0 Å². The van der Waals surface area contributed by atoms with Crippen molar-refractivity contribution in [2.75, 3.05) is 25.5 Å². The first kappa shape index (κ1) is 10.3. The molecule has 3 heteroatoms. The van der Waals surface area contributed by atoms with Crippen LogP contribution in [0.3, 0.4) is 0 Å². The molecule has 0 aromatic heterocycles. The Morgan fingerprint density at radius 3 is 2.92 bits per heavy atom. The Labute approximate surface area is 79.5 Å². The number of rotatable bonds is 3. The van der Waals surface area contributed by atoms with Crippen molar-refractivity contribution in [3.63, 3.8) is 0 Å². The fourth-order valence-corrected chi connectivity index (χ4v) is 1.72. The highest BCUT2D eigenvalue weighted by atomic mass is 35.5. The molecule has 2 unspecified atom stereocenters. The Bertz CT molecular complexity index is 130. The summed E-state index contributed by atoms with van der Waals surface area (Å²) in [4.78, 5) is 2.30. The fraction of sp³-hybridized carbons (Fsp3) is 1.00. The zero-order chi connectivity index (χ0) is 8.97. The maximum absolute atomic E-state index is 9.57. The van der Waals surface area contributed by atoms with Gasteiger partial charge in [0.25, 0.3) is 0 Å². The van der Waals surface area contributed by atoms with Crippen molar-refractivity contribution in [3.05, 3.63) is 0 Å². The summed E-state index contributed by atoms with van der Waals surface area (Å²) in [5, 5.41) is 9.57. The fourth-order valence-electron chi connectivity index (χ4n) is 1.60. The standard InChI is InChI=1S/C9H18ClNO/c1-8-3-6-11(5-2-4-10)7-9(8)12/h8-9,12H,2-7H2,1H3. The van der Waals surface area contributed by atoms with Crippen molar-refractivity contribution in [2.24, 2.45) is 5.92 Å². The molecule has 0 amide bonds. The van der Waals surface area contributed by atoms with Gasteiger partial charge in [-0.2, -0.15) is 0 Å². The van der Waals surface area contributed by atoms with Crippen LogP contribution in [0.1, 0.15) is 19.8 Å². The van der Waals surface area contributed by atoms with E-state index in [1.165, 1.54) is 0 Å². The summed E-state index contributed by atoms with van der Waals surface area (Å²) in [6.07, 6.45) is 2.01. The third-order valence-electron chi connectivity index (χ3n) is 2.61. The van der Waals surface area contributed by atoms with Gasteiger partial charge in [0.1, 0.15) is 0 Å². The van der Waals surface area contributed by atoms with E-state index < -0.39 is 0 Å². The largest absolute Gasteiger partial charge is 0.392 e. The molecule has 1 fully saturated rings. The average molecular weight is 192 g/mol. The number of β-amino-alcohol motifs (C(OH)–C–C–N with tert-alkyl or cyclic N) is 1. The van der Waals surface area contributed by atoms with E-state index in [1.54, 1.807) is 0 Å². The molecule has 2 nitrogen and oxygen atoms in total. The maximum atomic E-state index is 9.57. The number of halogens is 1. The van der Waals surface area contributed by atoms with Crippen LogP contribution in [0.5, 0.6) is 0 Å². The summed E-state index contributed by atoms with van der Waals surface area (Å²) in [6.45, 7) is 5.10. The Balaban J connectivity index is 2.21. The number of aliphatic hydroxyl groups excluding tert-OH is 1. The third kappa shape index (κ3) is 2.92. The summed E-state index contributed by atoms with van der Waals surface area (Å²) in [5.41, 5.74) is 0. The van der Waals surface area contributed by atoms with Gasteiger partial charge < -0.3 is 10.0 Å². The molecule has 12 heavy (non-hydrogen) atoms. The van der Waals surface area contributed by atoms with Gasteiger partial charge in [0, 0.05) is 12.4 Å². The Hall–Kier alpha value is 0.210. The topological polar surface area (TPSA) is 23.5 Å². The van der Waals surface area contributed by atoms with Crippen molar-refractivity contribution in [2.45, 2.75) is 25.9 Å². The number of nitrogens with zero attached hydrogens (tertiary/aromatic N) is 1. The highest BCUT2D eigenvalue weighted by Crippen LogP contribution is 2.16. The van der Waals surface area contributed by atoms with Gasteiger partial charge in [0.2, 0.25) is 0 Å². The van der Waals surface area contributed by atoms with Crippen LogP contribution in [-0.2, 0) is 0 Å². The van der Waals surface area contributed by atoms with E-state index in [0.717, 1.165) is 38.4 Å². The average Bonchev–Trinajstić information content (AvgIpc) is 2.07. The molecule has 0 spiro atoms. The lowest BCUT2D eigenvalue weighted by molar-refractivity contribution is 0.0295. The Morgan fingerprint density at radius 1 is 1.58 bits per heavy atom. The summed E-state index contributed by atoms with van der Waals surface area (Å²) in [6, 6.07) is 0. The van der Waals surface area contributed by atoms with Gasteiger partial charge in [-0.3, -0.25) is 0 Å². The zero-order valence-corrected chi connectivity index (χ0v) is 8.43. The lowest BCUT2D eigenvalue weighted by Crippen LogP contribution is -2.43. The minimum Gasteiger partial charge on any atom is -0.392 e. The predicted molar refractivity (Wildman–Crippen MR) is 51.6 cm³/mol.